The number of ketones is 1. The number of nitrogens with zero attached hydrogens (tertiary/aromatic N) is 3. The first-order valence-corrected chi connectivity index (χ1v) is 7.03. The third-order valence-corrected chi connectivity index (χ3v) is 3.24. The highest BCUT2D eigenvalue weighted by atomic mass is 16.5. The maximum atomic E-state index is 11.5. The minimum Gasteiger partial charge on any atom is -0.477 e. The Balaban J connectivity index is 2.28. The van der Waals surface area contributed by atoms with Gasteiger partial charge >= 0.3 is 0 Å². The Morgan fingerprint density at radius 2 is 2.10 bits per heavy atom. The molecule has 2 unspecified atom stereocenters. The van der Waals surface area contributed by atoms with Crippen molar-refractivity contribution in [3.63, 3.8) is 0 Å². The van der Waals surface area contributed by atoms with Gasteiger partial charge in [-0.15, -0.1) is 0 Å². The van der Waals surface area contributed by atoms with Crippen LogP contribution in [0.5, 0.6) is 5.88 Å². The number of hydrogen-bond acceptors (Lipinski definition) is 6. The van der Waals surface area contributed by atoms with Gasteiger partial charge in [-0.25, -0.2) is 4.98 Å². The lowest BCUT2D eigenvalue weighted by Crippen LogP contribution is -2.54. The molecule has 0 spiro atoms. The molecule has 1 aromatic rings. The highest BCUT2D eigenvalue weighted by Gasteiger charge is 2.24. The fourth-order valence-electron chi connectivity index (χ4n) is 2.49. The van der Waals surface area contributed by atoms with Crippen molar-refractivity contribution in [2.75, 3.05) is 24.6 Å². The van der Waals surface area contributed by atoms with Crippen LogP contribution < -0.4 is 15.0 Å². The van der Waals surface area contributed by atoms with Crippen LogP contribution in [-0.2, 0) is 0 Å². The molecule has 1 fully saturated rings. The van der Waals surface area contributed by atoms with Gasteiger partial charge in [-0.3, -0.25) is 4.79 Å². The van der Waals surface area contributed by atoms with E-state index in [1.165, 1.54) is 6.92 Å². The van der Waals surface area contributed by atoms with Crippen LogP contribution in [0.3, 0.4) is 0 Å². The van der Waals surface area contributed by atoms with Gasteiger partial charge in [0.15, 0.2) is 5.78 Å². The van der Waals surface area contributed by atoms with Crippen molar-refractivity contribution in [3.05, 3.63) is 11.8 Å². The van der Waals surface area contributed by atoms with Gasteiger partial charge in [0.1, 0.15) is 0 Å². The predicted octanol–water partition coefficient (Wildman–Crippen LogP) is 1.26. The number of nitrogens with one attached hydrogen (secondary N) is 1. The molecule has 1 aliphatic heterocycles. The Hall–Kier alpha value is -1.69. The Bertz CT molecular complexity index is 482. The fourth-order valence-corrected chi connectivity index (χ4v) is 2.49. The smallest absolute Gasteiger partial charge is 0.229 e. The van der Waals surface area contributed by atoms with Crippen molar-refractivity contribution < 1.29 is 9.53 Å². The lowest BCUT2D eigenvalue weighted by molar-refractivity contribution is 0.101. The summed E-state index contributed by atoms with van der Waals surface area (Å²) in [6.45, 7) is 9.80. The topological polar surface area (TPSA) is 67.3 Å². The van der Waals surface area contributed by atoms with Crippen molar-refractivity contribution >= 4 is 11.7 Å². The molecule has 2 atom stereocenters. The first-order chi connectivity index (χ1) is 9.51. The maximum absolute atomic E-state index is 11.5. The van der Waals surface area contributed by atoms with E-state index in [1.807, 2.05) is 6.92 Å². The monoisotopic (exact) mass is 278 g/mol. The Kier molecular flexibility index (Phi) is 4.54. The Morgan fingerprint density at radius 3 is 2.65 bits per heavy atom. The number of piperazine rings is 1. The van der Waals surface area contributed by atoms with Gasteiger partial charge in [0, 0.05) is 31.4 Å². The van der Waals surface area contributed by atoms with E-state index < -0.39 is 0 Å². The van der Waals surface area contributed by atoms with Crippen LogP contribution in [0.2, 0.25) is 0 Å². The molecule has 2 rings (SSSR count). The molecule has 1 aromatic heterocycles. The summed E-state index contributed by atoms with van der Waals surface area (Å²) in [5, 5.41) is 3.47. The molecule has 0 saturated carbocycles. The molecule has 6 heteroatoms. The minimum absolute atomic E-state index is 0.0814. The lowest BCUT2D eigenvalue weighted by Gasteiger charge is -2.36. The standard InChI is InChI=1S/C14H22N4O2/c1-5-20-13-12(11(4)19)6-15-14(17-13)18-7-9(2)16-10(3)8-18/h6,9-10,16H,5,7-8H2,1-4H3. The molecule has 0 radical (unpaired) electrons. The van der Waals surface area contributed by atoms with Crippen molar-refractivity contribution in [2.45, 2.75) is 39.8 Å². The van der Waals surface area contributed by atoms with Crippen molar-refractivity contribution in [3.8, 4) is 5.88 Å². The molecule has 0 amide bonds. The van der Waals surface area contributed by atoms with Crippen LogP contribution in [0.15, 0.2) is 6.20 Å². The van der Waals surface area contributed by atoms with Crippen LogP contribution in [-0.4, -0.2) is 47.5 Å². The second kappa shape index (κ2) is 6.17. The van der Waals surface area contributed by atoms with Gasteiger partial charge in [-0.2, -0.15) is 4.98 Å². The molecule has 6 nitrogen and oxygen atoms in total. The second-order valence-corrected chi connectivity index (χ2v) is 5.25. The number of rotatable bonds is 4. The molecule has 1 aliphatic rings. The number of anilines is 1. The van der Waals surface area contributed by atoms with E-state index in [2.05, 4.69) is 34.0 Å². The molecular weight excluding hydrogens is 256 g/mol. The van der Waals surface area contributed by atoms with Gasteiger partial charge in [-0.1, -0.05) is 0 Å². The quantitative estimate of drug-likeness (QED) is 0.836. The predicted molar refractivity (Wildman–Crippen MR) is 77.5 cm³/mol. The van der Waals surface area contributed by atoms with Gasteiger partial charge in [-0.05, 0) is 27.7 Å². The van der Waals surface area contributed by atoms with Gasteiger partial charge in [0.25, 0.3) is 0 Å². The number of hydrogen-bond donors (Lipinski definition) is 1. The fraction of sp³-hybridized carbons (Fsp3) is 0.643. The summed E-state index contributed by atoms with van der Waals surface area (Å²) in [6.07, 6.45) is 1.56. The third-order valence-electron chi connectivity index (χ3n) is 3.24. The molecule has 20 heavy (non-hydrogen) atoms. The summed E-state index contributed by atoms with van der Waals surface area (Å²) in [5.41, 5.74) is 0.437. The van der Waals surface area contributed by atoms with E-state index >= 15 is 0 Å². The van der Waals surface area contributed by atoms with Crippen LogP contribution in [0.4, 0.5) is 5.95 Å². The van der Waals surface area contributed by atoms with E-state index in [9.17, 15) is 4.79 Å². The highest BCUT2D eigenvalue weighted by molar-refractivity contribution is 5.96. The van der Waals surface area contributed by atoms with E-state index in [0.717, 1.165) is 13.1 Å². The highest BCUT2D eigenvalue weighted by Crippen LogP contribution is 2.20. The maximum Gasteiger partial charge on any atom is 0.229 e. The summed E-state index contributed by atoms with van der Waals surface area (Å²) in [5.74, 6) is 0.921. The molecule has 110 valence electrons. The number of carbonyl (C=O) groups excluding carboxylic acids is 1. The first-order valence-electron chi connectivity index (χ1n) is 7.03. The van der Waals surface area contributed by atoms with E-state index in [-0.39, 0.29) is 5.78 Å². The summed E-state index contributed by atoms with van der Waals surface area (Å²) in [7, 11) is 0. The molecule has 2 heterocycles. The Morgan fingerprint density at radius 1 is 1.45 bits per heavy atom. The molecule has 0 aromatic carbocycles. The minimum atomic E-state index is -0.0814. The number of aromatic nitrogens is 2. The summed E-state index contributed by atoms with van der Waals surface area (Å²) in [6, 6.07) is 0.760. The van der Waals surface area contributed by atoms with Crippen molar-refractivity contribution in [1.29, 1.82) is 0 Å². The molecule has 1 saturated heterocycles. The first kappa shape index (κ1) is 14.7. The van der Waals surface area contributed by atoms with Crippen LogP contribution in [0, 0.1) is 0 Å². The number of Topliss-reactive ketones (excluding diaryl/α,β-unsaturated/α-hetero) is 1. The van der Waals surface area contributed by atoms with Crippen molar-refractivity contribution in [1.82, 2.24) is 15.3 Å². The summed E-state index contributed by atoms with van der Waals surface area (Å²) >= 11 is 0. The average molecular weight is 278 g/mol. The third kappa shape index (κ3) is 3.25. The molecular formula is C14H22N4O2. The van der Waals surface area contributed by atoms with E-state index in [0.29, 0.717) is 36.1 Å². The summed E-state index contributed by atoms with van der Waals surface area (Å²) in [4.78, 5) is 22.4. The zero-order chi connectivity index (χ0) is 14.7. The molecule has 0 aliphatic carbocycles. The van der Waals surface area contributed by atoms with E-state index in [4.69, 9.17) is 4.74 Å². The Labute approximate surface area is 119 Å². The zero-order valence-electron chi connectivity index (χ0n) is 12.5. The lowest BCUT2D eigenvalue weighted by atomic mass is 10.1. The van der Waals surface area contributed by atoms with Crippen LogP contribution in [0.25, 0.3) is 0 Å². The van der Waals surface area contributed by atoms with Gasteiger partial charge < -0.3 is 15.0 Å². The van der Waals surface area contributed by atoms with Crippen LogP contribution in [0.1, 0.15) is 38.1 Å². The average Bonchev–Trinajstić information content (AvgIpc) is 2.37. The normalized spacial score (nSPS) is 22.7. The van der Waals surface area contributed by atoms with Gasteiger partial charge in [0.2, 0.25) is 11.8 Å². The second-order valence-electron chi connectivity index (χ2n) is 5.25. The summed E-state index contributed by atoms with van der Waals surface area (Å²) < 4.78 is 5.47. The molecule has 0 bridgehead atoms. The SMILES string of the molecule is CCOc1nc(N2CC(C)NC(C)C2)ncc1C(C)=O. The van der Waals surface area contributed by atoms with E-state index in [1.54, 1.807) is 6.20 Å². The number of ether oxygens (including phenoxy) is 1. The zero-order valence-corrected chi connectivity index (χ0v) is 12.5. The largest absolute Gasteiger partial charge is 0.477 e. The van der Waals surface area contributed by atoms with Crippen LogP contribution >= 0.6 is 0 Å². The van der Waals surface area contributed by atoms with Gasteiger partial charge in [0.05, 0.1) is 12.2 Å². The number of carbonyl (C=O) groups is 1. The van der Waals surface area contributed by atoms with Crippen molar-refractivity contribution in [2.24, 2.45) is 0 Å². The molecule has 1 N–H and O–H groups in total.